The van der Waals surface area contributed by atoms with Crippen LogP contribution >= 0.6 is 0 Å². The van der Waals surface area contributed by atoms with Crippen LogP contribution in [0.5, 0.6) is 5.75 Å². The molecule has 0 spiro atoms. The molecule has 0 aliphatic carbocycles. The summed E-state index contributed by atoms with van der Waals surface area (Å²) < 4.78 is 5.78. The lowest BCUT2D eigenvalue weighted by Gasteiger charge is -2.21. The second kappa shape index (κ2) is 6.86. The number of nitrogens with two attached hydrogens (primary N) is 1. The fraction of sp³-hybridized carbons (Fsp3) is 0.562. The predicted molar refractivity (Wildman–Crippen MR) is 80.1 cm³/mol. The maximum atomic E-state index is 11.5. The molecule has 0 saturated carbocycles. The van der Waals surface area contributed by atoms with Gasteiger partial charge in [-0.25, -0.2) is 0 Å². The van der Waals surface area contributed by atoms with E-state index >= 15 is 0 Å². The van der Waals surface area contributed by atoms with Gasteiger partial charge in [-0.15, -0.1) is 0 Å². The molecule has 2 atom stereocenters. The van der Waals surface area contributed by atoms with Gasteiger partial charge in [-0.3, -0.25) is 9.69 Å². The van der Waals surface area contributed by atoms with Crippen LogP contribution < -0.4 is 10.5 Å². The average molecular weight is 276 g/mol. The standard InChI is InChI=1S/C16H24N2O2/c1-12-9-14(10-17)11-18(12)7-8-20-16-6-4-3-5-15(16)13(2)19/h3-6,12,14H,7-11,17H2,1-2H3. The van der Waals surface area contributed by atoms with Gasteiger partial charge >= 0.3 is 0 Å². The Bertz CT molecular complexity index is 462. The third kappa shape index (κ3) is 3.58. The van der Waals surface area contributed by atoms with Gasteiger partial charge in [0.1, 0.15) is 12.4 Å². The first kappa shape index (κ1) is 15.0. The molecular formula is C16H24N2O2. The van der Waals surface area contributed by atoms with E-state index in [0.29, 0.717) is 29.9 Å². The highest BCUT2D eigenvalue weighted by Gasteiger charge is 2.27. The molecule has 2 rings (SSSR count). The van der Waals surface area contributed by atoms with Gasteiger partial charge in [0, 0.05) is 19.1 Å². The van der Waals surface area contributed by atoms with E-state index in [1.165, 1.54) is 6.42 Å². The summed E-state index contributed by atoms with van der Waals surface area (Å²) in [7, 11) is 0. The molecule has 1 aliphatic rings. The van der Waals surface area contributed by atoms with Crippen LogP contribution in [0.4, 0.5) is 0 Å². The minimum atomic E-state index is 0.0401. The number of likely N-dealkylation sites (tertiary alicyclic amines) is 1. The van der Waals surface area contributed by atoms with Crippen molar-refractivity contribution in [3.63, 3.8) is 0 Å². The number of ketones is 1. The molecule has 4 nitrogen and oxygen atoms in total. The first-order valence-corrected chi connectivity index (χ1v) is 7.28. The monoisotopic (exact) mass is 276 g/mol. The summed E-state index contributed by atoms with van der Waals surface area (Å²) in [6.45, 7) is 7.09. The molecular weight excluding hydrogens is 252 g/mol. The number of rotatable bonds is 6. The fourth-order valence-electron chi connectivity index (χ4n) is 2.86. The average Bonchev–Trinajstić information content (AvgIpc) is 2.80. The molecule has 20 heavy (non-hydrogen) atoms. The predicted octanol–water partition coefficient (Wildman–Crippen LogP) is 1.94. The molecule has 2 N–H and O–H groups in total. The topological polar surface area (TPSA) is 55.6 Å². The number of hydrogen-bond acceptors (Lipinski definition) is 4. The van der Waals surface area contributed by atoms with E-state index in [1.807, 2.05) is 18.2 Å². The Labute approximate surface area is 120 Å². The van der Waals surface area contributed by atoms with Crippen molar-refractivity contribution in [2.24, 2.45) is 11.7 Å². The summed E-state index contributed by atoms with van der Waals surface area (Å²) in [5.74, 6) is 1.33. The maximum absolute atomic E-state index is 11.5. The minimum Gasteiger partial charge on any atom is -0.491 e. The van der Waals surface area contributed by atoms with Gasteiger partial charge < -0.3 is 10.5 Å². The van der Waals surface area contributed by atoms with Crippen LogP contribution in [0, 0.1) is 5.92 Å². The summed E-state index contributed by atoms with van der Waals surface area (Å²) in [5, 5.41) is 0. The molecule has 1 fully saturated rings. The largest absolute Gasteiger partial charge is 0.491 e. The third-order valence-corrected chi connectivity index (χ3v) is 4.03. The highest BCUT2D eigenvalue weighted by molar-refractivity contribution is 5.96. The lowest BCUT2D eigenvalue weighted by atomic mass is 10.1. The summed E-state index contributed by atoms with van der Waals surface area (Å²) in [6, 6.07) is 7.98. The Balaban J connectivity index is 1.86. The van der Waals surface area contributed by atoms with Gasteiger partial charge in [-0.2, -0.15) is 0 Å². The highest BCUT2D eigenvalue weighted by atomic mass is 16.5. The quantitative estimate of drug-likeness (QED) is 0.807. The smallest absolute Gasteiger partial charge is 0.163 e. The third-order valence-electron chi connectivity index (χ3n) is 4.03. The van der Waals surface area contributed by atoms with Crippen LogP contribution in [-0.4, -0.2) is 43.0 Å². The van der Waals surface area contributed by atoms with E-state index in [1.54, 1.807) is 13.0 Å². The first-order valence-electron chi connectivity index (χ1n) is 7.28. The van der Waals surface area contributed by atoms with Gasteiger partial charge in [0.2, 0.25) is 0 Å². The molecule has 2 unspecified atom stereocenters. The van der Waals surface area contributed by atoms with E-state index in [9.17, 15) is 4.79 Å². The Morgan fingerprint density at radius 3 is 2.85 bits per heavy atom. The minimum absolute atomic E-state index is 0.0401. The lowest BCUT2D eigenvalue weighted by molar-refractivity contribution is 0.101. The second-order valence-electron chi connectivity index (χ2n) is 5.58. The number of hydrogen-bond donors (Lipinski definition) is 1. The van der Waals surface area contributed by atoms with Crippen molar-refractivity contribution >= 4 is 5.78 Å². The number of para-hydroxylation sites is 1. The van der Waals surface area contributed by atoms with E-state index < -0.39 is 0 Å². The zero-order valence-corrected chi connectivity index (χ0v) is 12.3. The number of carbonyl (C=O) groups is 1. The first-order chi connectivity index (χ1) is 9.61. The van der Waals surface area contributed by atoms with Crippen LogP contribution in [0.3, 0.4) is 0 Å². The fourth-order valence-corrected chi connectivity index (χ4v) is 2.86. The molecule has 1 aliphatic heterocycles. The summed E-state index contributed by atoms with van der Waals surface area (Å²) in [6.07, 6.45) is 1.17. The molecule has 1 aromatic rings. The van der Waals surface area contributed by atoms with E-state index in [0.717, 1.165) is 19.6 Å². The number of Topliss-reactive ketones (excluding diaryl/α,β-unsaturated/α-hetero) is 1. The zero-order valence-electron chi connectivity index (χ0n) is 12.3. The molecule has 1 heterocycles. The number of nitrogens with zero attached hydrogens (tertiary/aromatic N) is 1. The SMILES string of the molecule is CC(=O)c1ccccc1OCCN1CC(CN)CC1C. The Hall–Kier alpha value is -1.39. The van der Waals surface area contributed by atoms with Crippen molar-refractivity contribution in [3.05, 3.63) is 29.8 Å². The molecule has 0 bridgehead atoms. The van der Waals surface area contributed by atoms with Gasteiger partial charge in [0.25, 0.3) is 0 Å². The molecule has 1 saturated heterocycles. The molecule has 0 radical (unpaired) electrons. The Morgan fingerprint density at radius 1 is 1.45 bits per heavy atom. The number of carbonyl (C=O) groups excluding carboxylic acids is 1. The van der Waals surface area contributed by atoms with Crippen molar-refractivity contribution < 1.29 is 9.53 Å². The van der Waals surface area contributed by atoms with Gasteiger partial charge in [0.15, 0.2) is 5.78 Å². The van der Waals surface area contributed by atoms with Crippen molar-refractivity contribution in [2.45, 2.75) is 26.3 Å². The molecule has 110 valence electrons. The van der Waals surface area contributed by atoms with Crippen LogP contribution in [0.25, 0.3) is 0 Å². The van der Waals surface area contributed by atoms with Crippen molar-refractivity contribution in [1.82, 2.24) is 4.90 Å². The summed E-state index contributed by atoms with van der Waals surface area (Å²) in [5.41, 5.74) is 6.39. The van der Waals surface area contributed by atoms with Gasteiger partial charge in [-0.05, 0) is 44.9 Å². The highest BCUT2D eigenvalue weighted by Crippen LogP contribution is 2.22. The molecule has 0 aromatic heterocycles. The summed E-state index contributed by atoms with van der Waals surface area (Å²) in [4.78, 5) is 13.9. The number of ether oxygens (including phenoxy) is 1. The van der Waals surface area contributed by atoms with Gasteiger partial charge in [-0.1, -0.05) is 12.1 Å². The molecule has 0 amide bonds. The molecule has 1 aromatic carbocycles. The van der Waals surface area contributed by atoms with Crippen LogP contribution in [-0.2, 0) is 0 Å². The Kier molecular flexibility index (Phi) is 5.15. The lowest BCUT2D eigenvalue weighted by Crippen LogP contribution is -2.32. The van der Waals surface area contributed by atoms with Crippen LogP contribution in [0.2, 0.25) is 0 Å². The van der Waals surface area contributed by atoms with Gasteiger partial charge in [0.05, 0.1) is 5.56 Å². The van der Waals surface area contributed by atoms with E-state index in [-0.39, 0.29) is 5.78 Å². The van der Waals surface area contributed by atoms with Crippen molar-refractivity contribution in [3.8, 4) is 5.75 Å². The Morgan fingerprint density at radius 2 is 2.20 bits per heavy atom. The van der Waals surface area contributed by atoms with Crippen molar-refractivity contribution in [2.75, 3.05) is 26.2 Å². The van der Waals surface area contributed by atoms with Crippen LogP contribution in [0.15, 0.2) is 24.3 Å². The van der Waals surface area contributed by atoms with Crippen LogP contribution in [0.1, 0.15) is 30.6 Å². The second-order valence-corrected chi connectivity index (χ2v) is 5.58. The van der Waals surface area contributed by atoms with E-state index in [2.05, 4.69) is 11.8 Å². The normalized spacial score (nSPS) is 22.9. The molecule has 4 heteroatoms. The van der Waals surface area contributed by atoms with Crippen molar-refractivity contribution in [1.29, 1.82) is 0 Å². The maximum Gasteiger partial charge on any atom is 0.163 e. The zero-order chi connectivity index (χ0) is 14.5. The summed E-state index contributed by atoms with van der Waals surface area (Å²) >= 11 is 0. The number of benzene rings is 1. The van der Waals surface area contributed by atoms with E-state index in [4.69, 9.17) is 10.5 Å².